The van der Waals surface area contributed by atoms with Crippen LogP contribution < -0.4 is 0 Å². The summed E-state index contributed by atoms with van der Waals surface area (Å²) in [7, 11) is 0. The molecule has 0 saturated carbocycles. The highest BCUT2D eigenvalue weighted by Crippen LogP contribution is 2.38. The van der Waals surface area contributed by atoms with Gasteiger partial charge in [0.25, 0.3) is 0 Å². The molecule has 26 heavy (non-hydrogen) atoms. The summed E-state index contributed by atoms with van der Waals surface area (Å²) in [6, 6.07) is 14.1. The SMILES string of the molecule is OC1(Cc2c(F)cccc2F)CC2COCC(C1)N2Cc1ccccc1. The van der Waals surface area contributed by atoms with Gasteiger partial charge < -0.3 is 9.84 Å². The van der Waals surface area contributed by atoms with E-state index >= 15 is 0 Å². The van der Waals surface area contributed by atoms with E-state index in [4.69, 9.17) is 4.74 Å². The second-order valence-electron chi connectivity index (χ2n) is 7.51. The molecule has 2 aliphatic rings. The van der Waals surface area contributed by atoms with Crippen molar-refractivity contribution in [3.05, 3.63) is 71.3 Å². The number of aliphatic hydroxyl groups is 1. The third kappa shape index (κ3) is 3.52. The van der Waals surface area contributed by atoms with E-state index in [2.05, 4.69) is 17.0 Å². The zero-order valence-corrected chi connectivity index (χ0v) is 14.6. The summed E-state index contributed by atoms with van der Waals surface area (Å²) in [5.74, 6) is -1.18. The zero-order chi connectivity index (χ0) is 18.1. The minimum absolute atomic E-state index is 0.00230. The summed E-state index contributed by atoms with van der Waals surface area (Å²) in [5.41, 5.74) is 0.0792. The van der Waals surface area contributed by atoms with Gasteiger partial charge in [0.2, 0.25) is 0 Å². The van der Waals surface area contributed by atoms with Crippen LogP contribution in [-0.4, -0.2) is 40.9 Å². The summed E-state index contributed by atoms with van der Waals surface area (Å²) >= 11 is 0. The predicted octanol–water partition coefficient (Wildman–Crippen LogP) is 3.30. The number of piperidine rings is 1. The average Bonchev–Trinajstić information content (AvgIpc) is 2.60. The van der Waals surface area contributed by atoms with Crippen LogP contribution in [0.1, 0.15) is 24.0 Å². The van der Waals surface area contributed by atoms with Crippen LogP contribution in [0.25, 0.3) is 0 Å². The summed E-state index contributed by atoms with van der Waals surface area (Å²) in [6.07, 6.45) is 0.895. The lowest BCUT2D eigenvalue weighted by atomic mass is 9.77. The smallest absolute Gasteiger partial charge is 0.129 e. The molecule has 0 amide bonds. The average molecular weight is 359 g/mol. The fourth-order valence-electron chi connectivity index (χ4n) is 4.37. The van der Waals surface area contributed by atoms with Gasteiger partial charge in [-0.1, -0.05) is 36.4 Å². The van der Waals surface area contributed by atoms with E-state index < -0.39 is 17.2 Å². The van der Waals surface area contributed by atoms with Crippen molar-refractivity contribution in [3.63, 3.8) is 0 Å². The third-order valence-corrected chi connectivity index (χ3v) is 5.57. The molecule has 2 aromatic rings. The second-order valence-corrected chi connectivity index (χ2v) is 7.51. The lowest BCUT2D eigenvalue weighted by Crippen LogP contribution is -2.61. The molecular weight excluding hydrogens is 336 g/mol. The molecule has 138 valence electrons. The Morgan fingerprint density at radius 3 is 2.19 bits per heavy atom. The lowest BCUT2D eigenvalue weighted by Gasteiger charge is -2.51. The van der Waals surface area contributed by atoms with Crippen LogP contribution in [-0.2, 0) is 17.7 Å². The van der Waals surface area contributed by atoms with Gasteiger partial charge in [0.05, 0.1) is 18.8 Å². The van der Waals surface area contributed by atoms with Gasteiger partial charge in [-0.05, 0) is 30.5 Å². The van der Waals surface area contributed by atoms with E-state index in [1.807, 2.05) is 18.2 Å². The topological polar surface area (TPSA) is 32.7 Å². The van der Waals surface area contributed by atoms with Gasteiger partial charge in [-0.25, -0.2) is 8.78 Å². The van der Waals surface area contributed by atoms with Gasteiger partial charge in [0, 0.05) is 30.6 Å². The van der Waals surface area contributed by atoms with Crippen LogP contribution >= 0.6 is 0 Å². The Bertz CT molecular complexity index is 734. The molecule has 4 rings (SSSR count). The van der Waals surface area contributed by atoms with Gasteiger partial charge in [-0.2, -0.15) is 0 Å². The van der Waals surface area contributed by atoms with E-state index in [1.54, 1.807) is 0 Å². The number of fused-ring (bicyclic) bond motifs is 2. The van der Waals surface area contributed by atoms with Crippen LogP contribution in [0.2, 0.25) is 0 Å². The standard InChI is InChI=1S/C21H23F2NO2/c22-19-7-4-8-20(23)18(19)11-21(25)9-16-13-26-14-17(10-21)24(16)12-15-5-2-1-3-6-15/h1-8,16-17,25H,9-14H2. The molecule has 2 atom stereocenters. The van der Waals surface area contributed by atoms with Crippen molar-refractivity contribution in [2.45, 2.75) is 43.5 Å². The highest BCUT2D eigenvalue weighted by atomic mass is 19.1. The molecule has 0 spiro atoms. The summed E-state index contributed by atoms with van der Waals surface area (Å²) < 4.78 is 33.8. The number of benzene rings is 2. The van der Waals surface area contributed by atoms with E-state index in [0.717, 1.165) is 6.54 Å². The first-order valence-corrected chi connectivity index (χ1v) is 9.07. The van der Waals surface area contributed by atoms with Crippen LogP contribution in [0.15, 0.2) is 48.5 Å². The van der Waals surface area contributed by atoms with Crippen molar-refractivity contribution in [2.75, 3.05) is 13.2 Å². The lowest BCUT2D eigenvalue weighted by molar-refractivity contribution is -0.145. The molecule has 0 aliphatic carbocycles. The summed E-state index contributed by atoms with van der Waals surface area (Å²) in [4.78, 5) is 2.37. The van der Waals surface area contributed by atoms with Gasteiger partial charge in [0.1, 0.15) is 11.6 Å². The maximum atomic E-state index is 14.0. The number of ether oxygens (including phenoxy) is 1. The van der Waals surface area contributed by atoms with E-state index in [-0.39, 0.29) is 24.1 Å². The first-order chi connectivity index (χ1) is 12.5. The predicted molar refractivity (Wildman–Crippen MR) is 94.6 cm³/mol. The summed E-state index contributed by atoms with van der Waals surface area (Å²) in [5, 5.41) is 11.1. The molecule has 2 bridgehead atoms. The maximum Gasteiger partial charge on any atom is 0.129 e. The fourth-order valence-corrected chi connectivity index (χ4v) is 4.37. The van der Waals surface area contributed by atoms with Crippen molar-refractivity contribution in [2.24, 2.45) is 0 Å². The van der Waals surface area contributed by atoms with Gasteiger partial charge >= 0.3 is 0 Å². The van der Waals surface area contributed by atoms with E-state index in [1.165, 1.54) is 23.8 Å². The van der Waals surface area contributed by atoms with Crippen molar-refractivity contribution in [1.29, 1.82) is 0 Å². The van der Waals surface area contributed by atoms with Crippen LogP contribution in [0.4, 0.5) is 8.78 Å². The van der Waals surface area contributed by atoms with E-state index in [9.17, 15) is 13.9 Å². The van der Waals surface area contributed by atoms with Gasteiger partial charge in [-0.3, -0.25) is 4.90 Å². The molecular formula is C21H23F2NO2. The maximum absolute atomic E-state index is 14.0. The minimum Gasteiger partial charge on any atom is -0.389 e. The Hall–Kier alpha value is -1.82. The van der Waals surface area contributed by atoms with Crippen LogP contribution in [0, 0.1) is 11.6 Å². The van der Waals surface area contributed by atoms with E-state index in [0.29, 0.717) is 26.1 Å². The number of morpholine rings is 1. The molecule has 5 heteroatoms. The Morgan fingerprint density at radius 2 is 1.58 bits per heavy atom. The van der Waals surface area contributed by atoms with Crippen molar-refractivity contribution in [1.82, 2.24) is 4.90 Å². The third-order valence-electron chi connectivity index (χ3n) is 5.57. The molecule has 0 aromatic heterocycles. The van der Waals surface area contributed by atoms with Crippen molar-refractivity contribution >= 4 is 0 Å². The number of nitrogens with zero attached hydrogens (tertiary/aromatic N) is 1. The molecule has 3 nitrogen and oxygen atoms in total. The molecule has 2 aromatic carbocycles. The quantitative estimate of drug-likeness (QED) is 0.909. The van der Waals surface area contributed by atoms with Crippen molar-refractivity contribution < 1.29 is 18.6 Å². The molecule has 1 N–H and O–H groups in total. The first-order valence-electron chi connectivity index (χ1n) is 9.07. The van der Waals surface area contributed by atoms with Crippen LogP contribution in [0.5, 0.6) is 0 Å². The molecule has 0 radical (unpaired) electrons. The number of rotatable bonds is 4. The second kappa shape index (κ2) is 7.06. The fraction of sp³-hybridized carbons (Fsp3) is 0.429. The van der Waals surface area contributed by atoms with Gasteiger partial charge in [0.15, 0.2) is 0 Å². The Balaban J connectivity index is 1.53. The Kier molecular flexibility index (Phi) is 4.78. The monoisotopic (exact) mass is 359 g/mol. The number of halogens is 2. The highest BCUT2D eigenvalue weighted by molar-refractivity contribution is 5.23. The number of hydrogen-bond acceptors (Lipinski definition) is 3. The molecule has 2 aliphatic heterocycles. The number of hydrogen-bond donors (Lipinski definition) is 1. The molecule has 2 fully saturated rings. The molecule has 2 saturated heterocycles. The minimum atomic E-state index is -1.12. The van der Waals surface area contributed by atoms with Crippen LogP contribution in [0.3, 0.4) is 0 Å². The normalized spacial score (nSPS) is 28.9. The Labute approximate surface area is 152 Å². The molecule has 2 heterocycles. The Morgan fingerprint density at radius 1 is 0.962 bits per heavy atom. The first kappa shape index (κ1) is 17.6. The largest absolute Gasteiger partial charge is 0.389 e. The van der Waals surface area contributed by atoms with Gasteiger partial charge in [-0.15, -0.1) is 0 Å². The summed E-state index contributed by atoms with van der Waals surface area (Å²) in [6.45, 7) is 1.86. The zero-order valence-electron chi connectivity index (χ0n) is 14.6. The molecule has 2 unspecified atom stereocenters. The highest BCUT2D eigenvalue weighted by Gasteiger charge is 2.46. The van der Waals surface area contributed by atoms with Crippen molar-refractivity contribution in [3.8, 4) is 0 Å².